The first-order valence-electron chi connectivity index (χ1n) is 29.7. The van der Waals surface area contributed by atoms with Gasteiger partial charge < -0.3 is 63.9 Å². The van der Waals surface area contributed by atoms with Crippen LogP contribution in [0.25, 0.3) is 10.8 Å². The second kappa shape index (κ2) is 28.0. The maximum atomic E-state index is 13.8. The van der Waals surface area contributed by atoms with Gasteiger partial charge in [-0.05, 0) is 94.9 Å². The Kier molecular flexibility index (Phi) is 19.9. The molecule has 5 aromatic rings. The van der Waals surface area contributed by atoms with Gasteiger partial charge in [-0.1, -0.05) is 61.7 Å². The van der Waals surface area contributed by atoms with Gasteiger partial charge in [0.15, 0.2) is 5.82 Å². The molecule has 84 heavy (non-hydrogen) atoms. The van der Waals surface area contributed by atoms with Crippen LogP contribution in [-0.4, -0.2) is 190 Å². The fourth-order valence-electron chi connectivity index (χ4n) is 12.3. The van der Waals surface area contributed by atoms with Crippen LogP contribution >= 0.6 is 11.6 Å². The van der Waals surface area contributed by atoms with E-state index in [0.717, 1.165) is 91.0 Å². The van der Waals surface area contributed by atoms with Crippen molar-refractivity contribution >= 4 is 74.7 Å². The van der Waals surface area contributed by atoms with Gasteiger partial charge in [0.1, 0.15) is 29.9 Å². The molecule has 5 aliphatic rings. The first-order valence-corrected chi connectivity index (χ1v) is 30.0. The second-order valence-corrected chi connectivity index (χ2v) is 22.8. The molecule has 0 radical (unpaired) electrons. The Morgan fingerprint density at radius 2 is 1.71 bits per heavy atom. The molecule has 446 valence electrons. The summed E-state index contributed by atoms with van der Waals surface area (Å²) in [7, 11) is 7.42. The maximum absolute atomic E-state index is 13.8. The number of rotatable bonds is 24. The van der Waals surface area contributed by atoms with Gasteiger partial charge in [-0.25, -0.2) is 4.98 Å². The second-order valence-electron chi connectivity index (χ2n) is 22.4. The molecular formula is C62H79ClN14O7. The third-order valence-corrected chi connectivity index (χ3v) is 17.3. The molecule has 1 aliphatic carbocycles. The van der Waals surface area contributed by atoms with E-state index < -0.39 is 0 Å². The minimum atomic E-state index is -0.333. The number of hydrogen-bond donors (Lipinski definition) is 2. The number of likely N-dealkylation sites (tertiary alicyclic amines) is 1. The molecule has 22 heteroatoms. The standard InChI is InChI=1S/C62H79ClN14O7/c1-6-51-60(80)73(4)53-38-66-61(69-58(53)77(51)44-15-7-8-16-44)67-49-22-21-43(37-54(49)81-5)59(79)65-26-33-82-35-36-83-34-32-71(2)27-12-20-55(78)76-31-30-75(39-45(76)23-25-64)57-47-24-29-74(52-19-10-14-42-13-9-18-48(63)56(42)52)40-50(47)68-62(70-57)84-41-46-17-11-28-72(46)3/h9-10,12-14,18-22,37-38,44-46,51H,6-8,11,15-17,23-24,26-36,39-41H2,1-5H3,(H,65,79)(H,66,67,69)/b20-12+/t45-,46-,51+/m0/s1. The lowest BCUT2D eigenvalue weighted by molar-refractivity contribution is -0.128. The van der Waals surface area contributed by atoms with Gasteiger partial charge in [0, 0.05) is 93.2 Å². The van der Waals surface area contributed by atoms with Crippen LogP contribution in [0.4, 0.5) is 34.6 Å². The predicted molar refractivity (Wildman–Crippen MR) is 326 cm³/mol. The molecule has 6 heterocycles. The highest BCUT2D eigenvalue weighted by Gasteiger charge is 2.42. The molecule has 4 aliphatic heterocycles. The van der Waals surface area contributed by atoms with E-state index in [-0.39, 0.29) is 42.3 Å². The third kappa shape index (κ3) is 13.7. The largest absolute Gasteiger partial charge is 0.495 e. The van der Waals surface area contributed by atoms with Crippen molar-refractivity contribution in [3.63, 3.8) is 0 Å². The highest BCUT2D eigenvalue weighted by Crippen LogP contribution is 2.41. The van der Waals surface area contributed by atoms with E-state index in [4.69, 9.17) is 45.5 Å². The highest BCUT2D eigenvalue weighted by atomic mass is 35.5. The van der Waals surface area contributed by atoms with E-state index in [2.05, 4.69) is 77.5 Å². The van der Waals surface area contributed by atoms with Crippen molar-refractivity contribution in [3.8, 4) is 17.8 Å². The number of ether oxygens (including phenoxy) is 4. The van der Waals surface area contributed by atoms with Gasteiger partial charge in [-0.15, -0.1) is 0 Å². The van der Waals surface area contributed by atoms with Crippen LogP contribution in [0.1, 0.15) is 79.9 Å². The molecule has 0 unspecified atom stereocenters. The quantitative estimate of drug-likeness (QED) is 0.0460. The average Bonchev–Trinajstić information content (AvgIpc) is 1.58. The number of hydrogen-bond acceptors (Lipinski definition) is 18. The number of carbonyl (C=O) groups excluding carboxylic acids is 3. The number of nitriles is 1. The molecule has 3 amide bonds. The molecular weight excluding hydrogens is 1090 g/mol. The number of piperazine rings is 1. The van der Waals surface area contributed by atoms with Gasteiger partial charge in [0.05, 0.1) is 81.2 Å². The summed E-state index contributed by atoms with van der Waals surface area (Å²) in [5.74, 6) is 2.05. The van der Waals surface area contributed by atoms with Gasteiger partial charge in [0.2, 0.25) is 17.8 Å². The highest BCUT2D eigenvalue weighted by molar-refractivity contribution is 6.36. The Bertz CT molecular complexity index is 3210. The molecule has 1 saturated carbocycles. The normalized spacial score (nSPS) is 19.3. The van der Waals surface area contributed by atoms with Crippen molar-refractivity contribution in [1.29, 1.82) is 5.26 Å². The van der Waals surface area contributed by atoms with Crippen molar-refractivity contribution in [3.05, 3.63) is 94.8 Å². The molecule has 3 atom stereocenters. The number of nitrogens with one attached hydrogen (secondary N) is 2. The Morgan fingerprint density at radius 1 is 0.905 bits per heavy atom. The minimum absolute atomic E-state index is 0.0577. The summed E-state index contributed by atoms with van der Waals surface area (Å²) in [5, 5.41) is 19.0. The maximum Gasteiger partial charge on any atom is 0.318 e. The number of likely N-dealkylation sites (N-methyl/N-ethyl adjacent to an activating group) is 3. The van der Waals surface area contributed by atoms with Crippen molar-refractivity contribution in [2.75, 3.05) is 139 Å². The number of amides is 3. The number of carbonyl (C=O) groups is 3. The third-order valence-electron chi connectivity index (χ3n) is 17.0. The summed E-state index contributed by atoms with van der Waals surface area (Å²) in [6.07, 6.45) is 13.3. The number of nitrogens with zero attached hydrogens (tertiary/aromatic N) is 12. The molecule has 2 saturated heterocycles. The van der Waals surface area contributed by atoms with Crippen LogP contribution in [0.2, 0.25) is 5.02 Å². The van der Waals surface area contributed by atoms with Crippen LogP contribution in [0, 0.1) is 11.3 Å². The number of benzene rings is 3. The predicted octanol–water partition coefficient (Wildman–Crippen LogP) is 7.25. The molecule has 0 spiro atoms. The molecule has 10 rings (SSSR count). The van der Waals surface area contributed by atoms with Crippen LogP contribution < -0.4 is 39.7 Å². The SMILES string of the molecule is CC[C@@H]1C(=O)N(C)c2cnc(Nc3ccc(C(=O)NCCOCCOCCN(C)C/C=C/C(=O)N4CCN(c5nc(OC[C@@H]6CCCN6C)nc6c5CCN(c5cccc7cccc(Cl)c57)C6)C[C@@H]4CC#N)cc3OC)nc2N1C1CCCC1. The van der Waals surface area contributed by atoms with Gasteiger partial charge in [-0.3, -0.25) is 14.4 Å². The number of aromatic nitrogens is 4. The zero-order valence-electron chi connectivity index (χ0n) is 49.1. The lowest BCUT2D eigenvalue weighted by Crippen LogP contribution is -2.55. The van der Waals surface area contributed by atoms with Crippen LogP contribution in [0.15, 0.2) is 72.9 Å². The molecule has 21 nitrogen and oxygen atoms in total. The van der Waals surface area contributed by atoms with E-state index in [1.165, 1.54) is 0 Å². The lowest BCUT2D eigenvalue weighted by Gasteiger charge is -2.43. The smallest absolute Gasteiger partial charge is 0.318 e. The van der Waals surface area contributed by atoms with E-state index in [9.17, 15) is 19.6 Å². The van der Waals surface area contributed by atoms with Crippen molar-refractivity contribution < 1.29 is 33.3 Å². The lowest BCUT2D eigenvalue weighted by atomic mass is 10.0. The van der Waals surface area contributed by atoms with Crippen LogP contribution in [-0.2, 0) is 32.0 Å². The van der Waals surface area contributed by atoms with E-state index in [1.807, 2.05) is 37.1 Å². The first-order chi connectivity index (χ1) is 40.9. The summed E-state index contributed by atoms with van der Waals surface area (Å²) in [5.41, 5.74) is 4.75. The Morgan fingerprint density at radius 3 is 2.49 bits per heavy atom. The Balaban J connectivity index is 0.650. The number of fused-ring (bicyclic) bond motifs is 3. The van der Waals surface area contributed by atoms with Crippen molar-refractivity contribution in [2.24, 2.45) is 0 Å². The van der Waals surface area contributed by atoms with E-state index in [0.29, 0.717) is 137 Å². The average molecular weight is 1170 g/mol. The summed E-state index contributed by atoms with van der Waals surface area (Å²) in [6.45, 7) is 9.35. The molecule has 0 bridgehead atoms. The Labute approximate surface area is 497 Å². The summed E-state index contributed by atoms with van der Waals surface area (Å²) < 4.78 is 23.7. The summed E-state index contributed by atoms with van der Waals surface area (Å²) in [4.78, 5) is 74.5. The molecule has 3 fully saturated rings. The van der Waals surface area contributed by atoms with Gasteiger partial charge >= 0.3 is 6.01 Å². The fourth-order valence-corrected chi connectivity index (χ4v) is 12.6. The number of methoxy groups -OCH3 is 1. The van der Waals surface area contributed by atoms with Crippen molar-refractivity contribution in [2.45, 2.75) is 95.4 Å². The topological polar surface area (TPSA) is 210 Å². The van der Waals surface area contributed by atoms with Gasteiger partial charge in [-0.2, -0.15) is 20.2 Å². The monoisotopic (exact) mass is 1170 g/mol. The van der Waals surface area contributed by atoms with Gasteiger partial charge in [0.25, 0.3) is 5.91 Å². The molecule has 3 aromatic carbocycles. The van der Waals surface area contributed by atoms with Crippen molar-refractivity contribution in [1.82, 2.24) is 40.0 Å². The summed E-state index contributed by atoms with van der Waals surface area (Å²) >= 11 is 6.80. The number of anilines is 6. The minimum Gasteiger partial charge on any atom is -0.495 e. The Hall–Kier alpha value is -7.35. The van der Waals surface area contributed by atoms with E-state index in [1.54, 1.807) is 49.5 Å². The molecule has 2 N–H and O–H groups in total. The van der Waals surface area contributed by atoms with E-state index >= 15 is 0 Å². The summed E-state index contributed by atoms with van der Waals surface area (Å²) in [6, 6.07) is 20.0. The zero-order valence-corrected chi connectivity index (χ0v) is 49.9. The first kappa shape index (κ1) is 59.8. The van der Waals surface area contributed by atoms with Crippen LogP contribution in [0.3, 0.4) is 0 Å². The zero-order chi connectivity index (χ0) is 58.7. The fraction of sp³-hybridized carbons (Fsp3) is 0.516. The molecule has 2 aromatic heterocycles. The number of halogens is 1. The van der Waals surface area contributed by atoms with Crippen LogP contribution in [0.5, 0.6) is 11.8 Å².